The van der Waals surface area contributed by atoms with Crippen LogP contribution in [0.1, 0.15) is 50.5 Å². The monoisotopic (exact) mass is 345 g/mol. The maximum absolute atomic E-state index is 12.8. The van der Waals surface area contributed by atoms with Gasteiger partial charge in [-0.3, -0.25) is 4.79 Å². The smallest absolute Gasteiger partial charge is 0.249 e. The second-order valence-electron chi connectivity index (χ2n) is 6.63. The van der Waals surface area contributed by atoms with Crippen LogP contribution in [0.25, 0.3) is 11.4 Å². The number of hydrogen-bond acceptors (Lipinski definition) is 4. The van der Waals surface area contributed by atoms with E-state index in [4.69, 9.17) is 16.1 Å². The van der Waals surface area contributed by atoms with Crippen LogP contribution in [-0.2, 0) is 4.79 Å². The summed E-state index contributed by atoms with van der Waals surface area (Å²) in [4.78, 5) is 19.3. The first-order valence-corrected chi connectivity index (χ1v) is 9.00. The van der Waals surface area contributed by atoms with E-state index in [1.54, 1.807) is 12.1 Å². The van der Waals surface area contributed by atoms with Gasteiger partial charge in [0.05, 0.1) is 0 Å². The summed E-state index contributed by atoms with van der Waals surface area (Å²) < 4.78 is 5.49. The third kappa shape index (κ3) is 2.93. The number of aromatic nitrogens is 2. The molecule has 2 fully saturated rings. The summed E-state index contributed by atoms with van der Waals surface area (Å²) in [5.74, 6) is 1.54. The van der Waals surface area contributed by atoms with Crippen LogP contribution in [0, 0.1) is 5.92 Å². The largest absolute Gasteiger partial charge is 0.337 e. The highest BCUT2D eigenvalue weighted by atomic mass is 35.5. The van der Waals surface area contributed by atoms with Crippen LogP contribution in [-0.4, -0.2) is 27.5 Å². The summed E-state index contributed by atoms with van der Waals surface area (Å²) in [6.45, 7) is 0.790. The van der Waals surface area contributed by atoms with Crippen LogP contribution < -0.4 is 0 Å². The van der Waals surface area contributed by atoms with Gasteiger partial charge in [-0.05, 0) is 49.9 Å². The van der Waals surface area contributed by atoms with Crippen molar-refractivity contribution in [2.75, 3.05) is 6.54 Å². The average Bonchev–Trinajstić information content (AvgIpc) is 3.34. The molecule has 1 aliphatic carbocycles. The Morgan fingerprint density at radius 1 is 1.12 bits per heavy atom. The van der Waals surface area contributed by atoms with E-state index >= 15 is 0 Å². The molecule has 1 aromatic heterocycles. The zero-order valence-electron chi connectivity index (χ0n) is 13.4. The normalized spacial score (nSPS) is 21.5. The van der Waals surface area contributed by atoms with Crippen molar-refractivity contribution < 1.29 is 9.32 Å². The number of nitrogens with zero attached hydrogens (tertiary/aromatic N) is 3. The Kier molecular flexibility index (Phi) is 4.27. The highest BCUT2D eigenvalue weighted by molar-refractivity contribution is 6.30. The summed E-state index contributed by atoms with van der Waals surface area (Å²) >= 11 is 5.92. The van der Waals surface area contributed by atoms with Gasteiger partial charge in [0.1, 0.15) is 6.04 Å². The molecule has 1 saturated heterocycles. The molecule has 6 heteroatoms. The standard InChI is InChI=1S/C18H20ClN3O2/c19-14-9-7-12(8-10-14)16-20-17(24-21-16)15-6-3-11-22(15)18(23)13-4-1-2-5-13/h7-10,13,15H,1-6,11H2. The molecule has 1 unspecified atom stereocenters. The zero-order chi connectivity index (χ0) is 16.5. The molecule has 126 valence electrons. The lowest BCUT2D eigenvalue weighted by Gasteiger charge is -2.24. The SMILES string of the molecule is O=C(C1CCCC1)N1CCCC1c1nc(-c2ccc(Cl)cc2)no1. The fourth-order valence-corrected chi connectivity index (χ4v) is 3.91. The van der Waals surface area contributed by atoms with Crippen molar-refractivity contribution in [1.29, 1.82) is 0 Å². The topological polar surface area (TPSA) is 59.2 Å². The van der Waals surface area contributed by atoms with Gasteiger partial charge in [-0.1, -0.05) is 29.6 Å². The number of likely N-dealkylation sites (tertiary alicyclic amines) is 1. The number of rotatable bonds is 3. The Bertz CT molecular complexity index is 722. The van der Waals surface area contributed by atoms with Crippen molar-refractivity contribution in [3.05, 3.63) is 35.2 Å². The van der Waals surface area contributed by atoms with Crippen LogP contribution in [0.2, 0.25) is 5.02 Å². The first-order chi connectivity index (χ1) is 11.7. The number of halogens is 1. The number of carbonyl (C=O) groups excluding carboxylic acids is 1. The van der Waals surface area contributed by atoms with Crippen molar-refractivity contribution in [3.63, 3.8) is 0 Å². The van der Waals surface area contributed by atoms with Gasteiger partial charge in [0.25, 0.3) is 0 Å². The molecule has 0 spiro atoms. The number of benzene rings is 1. The molecule has 1 aromatic carbocycles. The lowest BCUT2D eigenvalue weighted by molar-refractivity contribution is -0.136. The zero-order valence-corrected chi connectivity index (χ0v) is 14.2. The van der Waals surface area contributed by atoms with Crippen LogP contribution in [0.15, 0.2) is 28.8 Å². The molecule has 0 radical (unpaired) electrons. The minimum absolute atomic E-state index is 0.0772. The van der Waals surface area contributed by atoms with Gasteiger partial charge in [0, 0.05) is 23.0 Å². The molecular formula is C18H20ClN3O2. The Morgan fingerprint density at radius 3 is 2.62 bits per heavy atom. The molecule has 5 nitrogen and oxygen atoms in total. The summed E-state index contributed by atoms with van der Waals surface area (Å²) in [6.07, 6.45) is 6.23. The molecule has 2 aliphatic rings. The summed E-state index contributed by atoms with van der Waals surface area (Å²) in [6, 6.07) is 7.27. The maximum Gasteiger partial charge on any atom is 0.249 e. The maximum atomic E-state index is 12.8. The van der Waals surface area contributed by atoms with Crippen LogP contribution >= 0.6 is 11.6 Å². The predicted molar refractivity (Wildman–Crippen MR) is 90.4 cm³/mol. The van der Waals surface area contributed by atoms with Gasteiger partial charge in [-0.15, -0.1) is 0 Å². The molecule has 1 atom stereocenters. The summed E-state index contributed by atoms with van der Waals surface area (Å²) in [7, 11) is 0. The molecular weight excluding hydrogens is 326 g/mol. The highest BCUT2D eigenvalue weighted by Gasteiger charge is 2.37. The van der Waals surface area contributed by atoms with E-state index < -0.39 is 0 Å². The fourth-order valence-electron chi connectivity index (χ4n) is 3.78. The van der Waals surface area contributed by atoms with E-state index in [-0.39, 0.29) is 17.9 Å². The molecule has 0 N–H and O–H groups in total. The lowest BCUT2D eigenvalue weighted by atomic mass is 10.1. The third-order valence-electron chi connectivity index (χ3n) is 5.07. The van der Waals surface area contributed by atoms with E-state index in [0.29, 0.717) is 16.7 Å². The van der Waals surface area contributed by atoms with Gasteiger partial charge < -0.3 is 9.42 Å². The Labute approximate surface area is 146 Å². The molecule has 24 heavy (non-hydrogen) atoms. The Hall–Kier alpha value is -1.88. The van der Waals surface area contributed by atoms with Crippen molar-refractivity contribution >= 4 is 17.5 Å². The van der Waals surface area contributed by atoms with Gasteiger partial charge >= 0.3 is 0 Å². The molecule has 2 heterocycles. The first kappa shape index (κ1) is 15.6. The fraction of sp³-hybridized carbons (Fsp3) is 0.500. The summed E-state index contributed by atoms with van der Waals surface area (Å²) in [5, 5.41) is 4.76. The van der Waals surface area contributed by atoms with E-state index in [1.807, 2.05) is 17.0 Å². The second kappa shape index (κ2) is 6.55. The minimum atomic E-state index is -0.0772. The number of hydrogen-bond donors (Lipinski definition) is 0. The molecule has 1 amide bonds. The third-order valence-corrected chi connectivity index (χ3v) is 5.32. The van der Waals surface area contributed by atoms with Crippen LogP contribution in [0.3, 0.4) is 0 Å². The number of amides is 1. The van der Waals surface area contributed by atoms with Crippen LogP contribution in [0.4, 0.5) is 0 Å². The van der Waals surface area contributed by atoms with Gasteiger partial charge in [-0.2, -0.15) is 4.98 Å². The molecule has 1 saturated carbocycles. The van der Waals surface area contributed by atoms with Crippen molar-refractivity contribution in [2.45, 2.75) is 44.6 Å². The Morgan fingerprint density at radius 2 is 1.88 bits per heavy atom. The van der Waals surface area contributed by atoms with Gasteiger partial charge in [-0.25, -0.2) is 0 Å². The highest BCUT2D eigenvalue weighted by Crippen LogP contribution is 2.36. The van der Waals surface area contributed by atoms with E-state index in [9.17, 15) is 4.79 Å². The van der Waals surface area contributed by atoms with Crippen molar-refractivity contribution in [1.82, 2.24) is 15.0 Å². The first-order valence-electron chi connectivity index (χ1n) is 8.62. The van der Waals surface area contributed by atoms with Crippen LogP contribution in [0.5, 0.6) is 0 Å². The van der Waals surface area contributed by atoms with E-state index in [0.717, 1.165) is 50.6 Å². The quantitative estimate of drug-likeness (QED) is 0.834. The second-order valence-corrected chi connectivity index (χ2v) is 7.07. The number of carbonyl (C=O) groups is 1. The van der Waals surface area contributed by atoms with E-state index in [2.05, 4.69) is 10.1 Å². The average molecular weight is 346 g/mol. The Balaban J connectivity index is 1.54. The van der Waals surface area contributed by atoms with Crippen molar-refractivity contribution in [2.24, 2.45) is 5.92 Å². The molecule has 1 aliphatic heterocycles. The van der Waals surface area contributed by atoms with Gasteiger partial charge in [0.2, 0.25) is 17.6 Å². The van der Waals surface area contributed by atoms with Crippen molar-refractivity contribution in [3.8, 4) is 11.4 Å². The lowest BCUT2D eigenvalue weighted by Crippen LogP contribution is -2.35. The predicted octanol–water partition coefficient (Wildman–Crippen LogP) is 4.24. The minimum Gasteiger partial charge on any atom is -0.337 e. The molecule has 4 rings (SSSR count). The van der Waals surface area contributed by atoms with Gasteiger partial charge in [0.15, 0.2) is 0 Å². The van der Waals surface area contributed by atoms with E-state index in [1.165, 1.54) is 0 Å². The summed E-state index contributed by atoms with van der Waals surface area (Å²) in [5.41, 5.74) is 0.862. The molecule has 2 aromatic rings. The molecule has 0 bridgehead atoms.